The van der Waals surface area contributed by atoms with Crippen molar-refractivity contribution in [1.29, 1.82) is 0 Å². The maximum atomic E-state index is 11.5. The quantitative estimate of drug-likeness (QED) is 0.0261. The molecule has 0 aromatic heterocycles. The van der Waals surface area contributed by atoms with Gasteiger partial charge in [-0.1, -0.05) is 308 Å². The zero-order valence-electron chi connectivity index (χ0n) is 83.7. The number of carbonyl (C=O) groups excluding carboxylic acids is 4. The van der Waals surface area contributed by atoms with Crippen molar-refractivity contribution in [3.05, 3.63) is 336 Å². The zero-order chi connectivity index (χ0) is 101. The predicted molar refractivity (Wildman–Crippen MR) is 538 cm³/mol. The van der Waals surface area contributed by atoms with Crippen LogP contribution in [0.25, 0.3) is 0 Å². The van der Waals surface area contributed by atoms with Crippen LogP contribution in [0.3, 0.4) is 0 Å². The van der Waals surface area contributed by atoms with E-state index >= 15 is 0 Å². The minimum atomic E-state index is -0.870. The van der Waals surface area contributed by atoms with Crippen LogP contribution < -0.4 is 14.8 Å². The summed E-state index contributed by atoms with van der Waals surface area (Å²) in [6, 6.07) is 69.4. The SMILES string of the molecule is CC(=O)c1ccc(C(C)C)cc1C.CC(C)c1ccc(C(=O)O)cc1.CC(C)c1ccc(CC(=O)O)cc1.CC(C)c1ccc(NC(=O)OC(C)(C)C)cc1.CC(C)c1cccc(C(=O)O)c1.CC(C)c1cccc(CC(=O)O)c1.CC(C)c1ccccc1C(=O)O.CC(C)c1ccccc1CC(=O)O.COc1cc(C(C)=O)ccc1C(C)C.COc1cc(C(C)=O)ccc1C(C)C. The summed E-state index contributed by atoms with van der Waals surface area (Å²) in [5.74, 6) is 1.23. The number of rotatable bonds is 25. The van der Waals surface area contributed by atoms with Crippen molar-refractivity contribution < 1.29 is 92.8 Å². The molecule has 20 heteroatoms. The molecule has 7 N–H and O–H groups in total. The van der Waals surface area contributed by atoms with Crippen molar-refractivity contribution in [2.24, 2.45) is 0 Å². The number of ether oxygens (including phenoxy) is 3. The fourth-order valence-corrected chi connectivity index (χ4v) is 12.7. The van der Waals surface area contributed by atoms with E-state index in [1.165, 1.54) is 27.8 Å². The van der Waals surface area contributed by atoms with Gasteiger partial charge < -0.3 is 44.8 Å². The summed E-state index contributed by atoms with van der Waals surface area (Å²) in [6.07, 6.45) is -0.0809. The van der Waals surface area contributed by atoms with Crippen molar-refractivity contribution in [2.45, 2.75) is 271 Å². The molecule has 10 aromatic rings. The van der Waals surface area contributed by atoms with Gasteiger partial charge in [0.15, 0.2) is 17.3 Å². The minimum absolute atomic E-state index is 0.0682. The van der Waals surface area contributed by atoms with Gasteiger partial charge in [0.25, 0.3) is 0 Å². The maximum absolute atomic E-state index is 11.5. The number of amides is 1. The molecule has 0 spiro atoms. The average Bonchev–Trinajstić information content (AvgIpc) is 0.846. The van der Waals surface area contributed by atoms with E-state index in [4.69, 9.17) is 44.8 Å². The Kier molecular flexibility index (Phi) is 53.2. The van der Waals surface area contributed by atoms with Gasteiger partial charge in [-0.15, -0.1) is 0 Å². The van der Waals surface area contributed by atoms with Crippen LogP contribution in [0, 0.1) is 6.92 Å². The third-order valence-electron chi connectivity index (χ3n) is 20.5. The summed E-state index contributed by atoms with van der Waals surface area (Å²) in [5, 5.41) is 54.6. The van der Waals surface area contributed by atoms with Gasteiger partial charge >= 0.3 is 41.9 Å². The molecule has 0 unspecified atom stereocenters. The Labute approximate surface area is 791 Å². The highest BCUT2D eigenvalue weighted by atomic mass is 16.6. The molecular formula is C113H147NO19. The molecular weight excluding hydrogens is 1680 g/mol. The molecule has 133 heavy (non-hydrogen) atoms. The first-order valence-corrected chi connectivity index (χ1v) is 45.0. The third-order valence-corrected chi connectivity index (χ3v) is 20.5. The lowest BCUT2D eigenvalue weighted by Gasteiger charge is -2.19. The van der Waals surface area contributed by atoms with Crippen LogP contribution in [0.1, 0.15) is 379 Å². The molecule has 1 amide bonds. The van der Waals surface area contributed by atoms with Crippen LogP contribution in [0.2, 0.25) is 0 Å². The number of carboxylic acid groups (broad SMARTS) is 6. The summed E-state index contributed by atoms with van der Waals surface area (Å²) in [4.78, 5) is 108. The summed E-state index contributed by atoms with van der Waals surface area (Å²) < 4.78 is 15.7. The first kappa shape index (κ1) is 118. The second-order valence-corrected chi connectivity index (χ2v) is 36.1. The molecule has 0 radical (unpaired) electrons. The van der Waals surface area contributed by atoms with E-state index in [0.717, 1.165) is 72.8 Å². The lowest BCUT2D eigenvalue weighted by molar-refractivity contribution is -0.137. The number of carbonyl (C=O) groups is 10. The molecule has 20 nitrogen and oxygen atoms in total. The van der Waals surface area contributed by atoms with Crippen LogP contribution in [0.4, 0.5) is 10.5 Å². The second kappa shape index (κ2) is 60.1. The van der Waals surface area contributed by atoms with E-state index in [9.17, 15) is 47.9 Å². The van der Waals surface area contributed by atoms with Crippen molar-refractivity contribution in [2.75, 3.05) is 19.5 Å². The largest absolute Gasteiger partial charge is 0.496 e. The summed E-state index contributed by atoms with van der Waals surface area (Å²) in [6.45, 7) is 54.0. The Morgan fingerprint density at radius 2 is 0.662 bits per heavy atom. The van der Waals surface area contributed by atoms with E-state index in [1.807, 2.05) is 219 Å². The highest BCUT2D eigenvalue weighted by Gasteiger charge is 2.19. The normalized spacial score (nSPS) is 10.5. The highest BCUT2D eigenvalue weighted by Crippen LogP contribution is 2.31. The van der Waals surface area contributed by atoms with E-state index in [0.29, 0.717) is 81.1 Å². The molecule has 0 atom stereocenters. The van der Waals surface area contributed by atoms with Gasteiger partial charge in [-0.3, -0.25) is 34.1 Å². The number of methoxy groups -OCH3 is 2. The molecule has 0 saturated carbocycles. The molecule has 0 heterocycles. The Bertz CT molecular complexity index is 5240. The van der Waals surface area contributed by atoms with Crippen LogP contribution in [0.15, 0.2) is 224 Å². The number of aromatic carboxylic acids is 3. The number of carboxylic acids is 6. The first-order valence-electron chi connectivity index (χ1n) is 45.0. The van der Waals surface area contributed by atoms with Crippen LogP contribution in [-0.4, -0.2) is 110 Å². The van der Waals surface area contributed by atoms with Gasteiger partial charge in [-0.05, 0) is 240 Å². The average molecular weight is 1820 g/mol. The monoisotopic (exact) mass is 1820 g/mol. The number of hydrogen-bond acceptors (Lipinski definition) is 13. The highest BCUT2D eigenvalue weighted by molar-refractivity contribution is 5.96. The molecule has 10 aromatic carbocycles. The summed E-state index contributed by atoms with van der Waals surface area (Å²) >= 11 is 0. The summed E-state index contributed by atoms with van der Waals surface area (Å²) in [7, 11) is 3.26. The lowest BCUT2D eigenvalue weighted by Crippen LogP contribution is -2.27. The van der Waals surface area contributed by atoms with Gasteiger partial charge in [-0.2, -0.15) is 0 Å². The van der Waals surface area contributed by atoms with Crippen molar-refractivity contribution in [3.63, 3.8) is 0 Å². The molecule has 0 aliphatic carbocycles. The zero-order valence-corrected chi connectivity index (χ0v) is 83.7. The minimum Gasteiger partial charge on any atom is -0.496 e. The fraction of sp³-hybridized carbons (Fsp3) is 0.381. The van der Waals surface area contributed by atoms with Gasteiger partial charge in [-0.25, -0.2) is 19.2 Å². The van der Waals surface area contributed by atoms with E-state index in [2.05, 4.69) is 122 Å². The van der Waals surface area contributed by atoms with E-state index < -0.39 is 47.5 Å². The molecule has 10 rings (SSSR count). The Hall–Kier alpha value is -13.1. The Morgan fingerprint density at radius 1 is 0.301 bits per heavy atom. The molecule has 0 bridgehead atoms. The number of aryl methyl sites for hydroxylation is 1. The van der Waals surface area contributed by atoms with Gasteiger partial charge in [0.2, 0.25) is 0 Å². The second-order valence-electron chi connectivity index (χ2n) is 36.1. The van der Waals surface area contributed by atoms with Crippen molar-refractivity contribution >= 4 is 64.9 Å². The molecule has 0 fully saturated rings. The number of ketones is 3. The molecule has 0 saturated heterocycles. The topological polar surface area (TPSA) is 332 Å². The Balaban J connectivity index is 0.000000740. The first-order chi connectivity index (χ1) is 62.0. The number of nitrogens with one attached hydrogen (secondary N) is 1. The third kappa shape index (κ3) is 46.5. The lowest BCUT2D eigenvalue weighted by atomic mass is 9.95. The summed E-state index contributed by atoms with van der Waals surface area (Å²) in [5.41, 5.74) is 18.9. The van der Waals surface area contributed by atoms with Gasteiger partial charge in [0.1, 0.15) is 17.1 Å². The van der Waals surface area contributed by atoms with Crippen LogP contribution in [-0.2, 0) is 38.4 Å². The van der Waals surface area contributed by atoms with Gasteiger partial charge in [0.05, 0.1) is 50.2 Å². The van der Waals surface area contributed by atoms with Crippen LogP contribution >= 0.6 is 0 Å². The molecule has 718 valence electrons. The van der Waals surface area contributed by atoms with E-state index in [-0.39, 0.29) is 42.5 Å². The van der Waals surface area contributed by atoms with Crippen molar-refractivity contribution in [1.82, 2.24) is 0 Å². The fourth-order valence-electron chi connectivity index (χ4n) is 12.7. The number of aliphatic carboxylic acids is 3. The number of anilines is 1. The predicted octanol–water partition coefficient (Wildman–Crippen LogP) is 28.4. The number of hydrogen-bond donors (Lipinski definition) is 7. The Morgan fingerprint density at radius 3 is 1.02 bits per heavy atom. The molecule has 0 aliphatic heterocycles. The van der Waals surface area contributed by atoms with Crippen molar-refractivity contribution in [3.8, 4) is 11.5 Å². The maximum Gasteiger partial charge on any atom is 0.412 e. The van der Waals surface area contributed by atoms with Crippen LogP contribution in [0.5, 0.6) is 11.5 Å². The number of Topliss-reactive ketones (excluding diaryl/α,β-unsaturated/α-hetero) is 3. The van der Waals surface area contributed by atoms with Gasteiger partial charge in [0, 0.05) is 22.4 Å². The van der Waals surface area contributed by atoms with E-state index in [1.54, 1.807) is 89.6 Å². The molecule has 0 aliphatic rings. The number of benzene rings is 10. The standard InChI is InChI=1S/C14H21NO2.2C12H16O2.C12H16O.3C11H14O2.3C10H12O2/c1-10(2)11-6-8-12(9-7-11)15-13(16)17-14(3,4)5;2*1-8(2)11-6-5-10(9(3)13)7-12(11)14-4;1-8(2)11-5-6-12(10(4)13)9(3)7-11;1-8(2)10-5-3-9(4-6-10)7-11(12)13;1-8(2)10-5-3-4-9(6-10)7-11(12)13;1-8(2)10-6-4-3-5-9(10)7-11(12)13;1-7(2)8-3-5-9(6-4-8)10(11)12;1-7(2)8-4-3-5-9(6-8)10(11)12;1-7(2)8-5-3-4-6-9(8)10(11)12/h6-10H,1-5H3,(H,15,16);2*5-8H,1-4H3;5-8H,1-4H3;3*3-6,8H,7H2,1-2H3,(H,12,13);3*3-7H,1-2H3,(H,11,12). The smallest absolute Gasteiger partial charge is 0.412 e.